The predicted octanol–water partition coefficient (Wildman–Crippen LogP) is 3.21. The second-order valence-corrected chi connectivity index (χ2v) is 3.78. The van der Waals surface area contributed by atoms with Gasteiger partial charge in [-0.2, -0.15) is 0 Å². The summed E-state index contributed by atoms with van der Waals surface area (Å²) in [5, 5.41) is 6.25. The molecule has 0 aromatic heterocycles. The van der Waals surface area contributed by atoms with Gasteiger partial charge in [0.25, 0.3) is 0 Å². The zero-order chi connectivity index (χ0) is 12.1. The molecule has 84 valence electrons. The van der Waals surface area contributed by atoms with Crippen molar-refractivity contribution in [3.05, 3.63) is 38.7 Å². The monoisotopic (exact) mass is 238 g/mol. The molecule has 0 aliphatic heterocycles. The largest absolute Gasteiger partial charge is 0.324 e. The molecule has 1 aromatic carbocycles. The van der Waals surface area contributed by atoms with E-state index in [1.54, 1.807) is 6.07 Å². The van der Waals surface area contributed by atoms with Crippen molar-refractivity contribution in [1.82, 2.24) is 0 Å². The van der Waals surface area contributed by atoms with Gasteiger partial charge in [-0.05, 0) is 36.6 Å². The van der Waals surface area contributed by atoms with Crippen molar-refractivity contribution in [2.24, 2.45) is 5.11 Å². The molecule has 0 unspecified atom stereocenters. The minimum atomic E-state index is -0.383. The van der Waals surface area contributed by atoms with Crippen LogP contribution in [0.15, 0.2) is 17.2 Å². The van der Waals surface area contributed by atoms with Crippen molar-refractivity contribution in [2.45, 2.75) is 13.8 Å². The molecule has 0 heterocycles. The molecule has 0 aliphatic rings. The number of nitrogens with one attached hydrogen (secondary N) is 1. The van der Waals surface area contributed by atoms with Crippen molar-refractivity contribution in [3.8, 4) is 0 Å². The Morgan fingerprint density at radius 3 is 2.81 bits per heavy atom. The number of nitrogens with zero attached hydrogens (tertiary/aromatic N) is 3. The molecule has 16 heavy (non-hydrogen) atoms. The Bertz CT molecular complexity index is 443. The van der Waals surface area contributed by atoms with Crippen LogP contribution in [-0.2, 0) is 4.79 Å². The van der Waals surface area contributed by atoms with Crippen molar-refractivity contribution >= 4 is 23.2 Å². The maximum Gasteiger partial charge on any atom is 0.230 e. The fourth-order valence-corrected chi connectivity index (χ4v) is 1.72. The molecular formula is C10H11ClN4O. The van der Waals surface area contributed by atoms with E-state index < -0.39 is 0 Å². The summed E-state index contributed by atoms with van der Waals surface area (Å²) in [7, 11) is 0. The van der Waals surface area contributed by atoms with Crippen LogP contribution in [0.3, 0.4) is 0 Å². The molecule has 1 rings (SSSR count). The van der Waals surface area contributed by atoms with Gasteiger partial charge in [0.1, 0.15) is 6.54 Å². The highest BCUT2D eigenvalue weighted by atomic mass is 35.5. The van der Waals surface area contributed by atoms with Gasteiger partial charge >= 0.3 is 0 Å². The van der Waals surface area contributed by atoms with E-state index >= 15 is 0 Å². The predicted molar refractivity (Wildman–Crippen MR) is 63.6 cm³/mol. The Labute approximate surface area is 98.0 Å². The van der Waals surface area contributed by atoms with Gasteiger partial charge in [0, 0.05) is 4.91 Å². The van der Waals surface area contributed by atoms with E-state index in [0.29, 0.717) is 10.7 Å². The fraction of sp³-hybridized carbons (Fsp3) is 0.300. The first kappa shape index (κ1) is 12.4. The molecular weight excluding hydrogens is 228 g/mol. The lowest BCUT2D eigenvalue weighted by Gasteiger charge is -2.10. The molecule has 1 aromatic rings. The molecule has 1 N–H and O–H groups in total. The number of carbonyl (C=O) groups excluding carboxylic acids is 1. The van der Waals surface area contributed by atoms with Crippen LogP contribution in [-0.4, -0.2) is 12.5 Å². The third kappa shape index (κ3) is 3.15. The average Bonchev–Trinajstić information content (AvgIpc) is 2.20. The number of halogens is 1. The number of carbonyl (C=O) groups is 1. The Morgan fingerprint density at radius 1 is 1.56 bits per heavy atom. The Morgan fingerprint density at radius 2 is 2.25 bits per heavy atom. The van der Waals surface area contributed by atoms with E-state index in [4.69, 9.17) is 17.1 Å². The topological polar surface area (TPSA) is 77.9 Å². The summed E-state index contributed by atoms with van der Waals surface area (Å²) < 4.78 is 0. The molecule has 0 saturated heterocycles. The Kier molecular flexibility index (Phi) is 4.17. The molecule has 1 amide bonds. The lowest BCUT2D eigenvalue weighted by atomic mass is 10.1. The lowest BCUT2D eigenvalue weighted by Crippen LogP contribution is -2.15. The molecule has 0 spiro atoms. The van der Waals surface area contributed by atoms with E-state index in [9.17, 15) is 4.79 Å². The van der Waals surface area contributed by atoms with E-state index in [2.05, 4.69) is 15.3 Å². The summed E-state index contributed by atoms with van der Waals surface area (Å²) in [4.78, 5) is 13.8. The summed E-state index contributed by atoms with van der Waals surface area (Å²) >= 11 is 5.99. The smallest absolute Gasteiger partial charge is 0.230 e. The first-order valence-electron chi connectivity index (χ1n) is 4.62. The van der Waals surface area contributed by atoms with E-state index in [1.165, 1.54) is 0 Å². The molecule has 0 radical (unpaired) electrons. The average molecular weight is 239 g/mol. The molecule has 0 bridgehead atoms. The highest BCUT2D eigenvalue weighted by Crippen LogP contribution is 2.27. The third-order valence-corrected chi connectivity index (χ3v) is 2.27. The number of anilines is 1. The number of amides is 1. The van der Waals surface area contributed by atoms with Gasteiger partial charge < -0.3 is 5.32 Å². The van der Waals surface area contributed by atoms with E-state index in [1.807, 2.05) is 19.9 Å². The van der Waals surface area contributed by atoms with E-state index in [-0.39, 0.29) is 12.5 Å². The number of azide groups is 1. The van der Waals surface area contributed by atoms with Crippen molar-refractivity contribution in [3.63, 3.8) is 0 Å². The number of rotatable bonds is 3. The SMILES string of the molecule is Cc1cc(C)c(NC(=O)CN=[N+]=[N-])c(Cl)c1. The van der Waals surface area contributed by atoms with Crippen LogP contribution in [0, 0.1) is 13.8 Å². The molecule has 0 saturated carbocycles. The fourth-order valence-electron chi connectivity index (χ4n) is 1.35. The van der Waals surface area contributed by atoms with Crippen LogP contribution in [0.5, 0.6) is 0 Å². The molecule has 5 nitrogen and oxygen atoms in total. The Balaban J connectivity index is 2.89. The van der Waals surface area contributed by atoms with Crippen LogP contribution in [0.2, 0.25) is 5.02 Å². The maximum absolute atomic E-state index is 11.3. The van der Waals surface area contributed by atoms with Crippen LogP contribution >= 0.6 is 11.6 Å². The summed E-state index contributed by atoms with van der Waals surface area (Å²) in [6.07, 6.45) is 0. The van der Waals surface area contributed by atoms with Gasteiger partial charge in [-0.1, -0.05) is 22.8 Å². The summed E-state index contributed by atoms with van der Waals surface area (Å²) in [6, 6.07) is 3.67. The summed E-state index contributed by atoms with van der Waals surface area (Å²) in [5.74, 6) is -0.383. The van der Waals surface area contributed by atoms with Gasteiger partial charge in [0.15, 0.2) is 0 Å². The van der Waals surface area contributed by atoms with Crippen LogP contribution in [0.4, 0.5) is 5.69 Å². The number of hydrogen-bond donors (Lipinski definition) is 1. The van der Waals surface area contributed by atoms with Crippen molar-refractivity contribution < 1.29 is 4.79 Å². The maximum atomic E-state index is 11.3. The molecule has 6 heteroatoms. The minimum Gasteiger partial charge on any atom is -0.324 e. The Hall–Kier alpha value is -1.71. The van der Waals surface area contributed by atoms with Crippen LogP contribution < -0.4 is 5.32 Å². The highest BCUT2D eigenvalue weighted by molar-refractivity contribution is 6.34. The van der Waals surface area contributed by atoms with Gasteiger partial charge in [-0.3, -0.25) is 4.79 Å². The van der Waals surface area contributed by atoms with Crippen LogP contribution in [0.1, 0.15) is 11.1 Å². The van der Waals surface area contributed by atoms with E-state index in [0.717, 1.165) is 11.1 Å². The zero-order valence-electron chi connectivity index (χ0n) is 8.99. The lowest BCUT2D eigenvalue weighted by molar-refractivity contribution is -0.114. The third-order valence-electron chi connectivity index (χ3n) is 1.97. The molecule has 0 aliphatic carbocycles. The normalized spacial score (nSPS) is 9.44. The number of benzene rings is 1. The quantitative estimate of drug-likeness (QED) is 0.490. The number of hydrogen-bond acceptors (Lipinski definition) is 2. The minimum absolute atomic E-state index is 0.236. The second kappa shape index (κ2) is 5.39. The number of aryl methyl sites for hydroxylation is 2. The summed E-state index contributed by atoms with van der Waals surface area (Å²) in [6.45, 7) is 3.53. The van der Waals surface area contributed by atoms with Gasteiger partial charge in [0.2, 0.25) is 5.91 Å². The van der Waals surface area contributed by atoms with Crippen LogP contribution in [0.25, 0.3) is 10.4 Å². The van der Waals surface area contributed by atoms with Gasteiger partial charge in [-0.25, -0.2) is 0 Å². The van der Waals surface area contributed by atoms with Crippen molar-refractivity contribution in [1.29, 1.82) is 0 Å². The first-order valence-corrected chi connectivity index (χ1v) is 5.00. The first-order chi connectivity index (χ1) is 7.54. The van der Waals surface area contributed by atoms with Crippen molar-refractivity contribution in [2.75, 3.05) is 11.9 Å². The standard InChI is InChI=1S/C10H11ClN4O/c1-6-3-7(2)10(8(11)4-6)14-9(16)5-13-15-12/h3-4H,5H2,1-2H3,(H,14,16). The molecule has 0 fully saturated rings. The molecule has 0 atom stereocenters. The van der Waals surface area contributed by atoms with Gasteiger partial charge in [-0.15, -0.1) is 0 Å². The highest BCUT2D eigenvalue weighted by Gasteiger charge is 2.08. The zero-order valence-corrected chi connectivity index (χ0v) is 9.75. The van der Waals surface area contributed by atoms with Gasteiger partial charge in [0.05, 0.1) is 10.7 Å². The summed E-state index contributed by atoms with van der Waals surface area (Å²) in [5.41, 5.74) is 10.5. The second-order valence-electron chi connectivity index (χ2n) is 3.38.